The number of anilines is 1. The number of fused-ring (bicyclic) bond motifs is 1. The third-order valence-electron chi connectivity index (χ3n) is 5.43. The van der Waals surface area contributed by atoms with E-state index in [1.807, 2.05) is 0 Å². The van der Waals surface area contributed by atoms with E-state index in [-0.39, 0.29) is 16.1 Å². The normalized spacial score (nSPS) is 11.3. The van der Waals surface area contributed by atoms with Gasteiger partial charge in [0.15, 0.2) is 0 Å². The number of esters is 1. The predicted molar refractivity (Wildman–Crippen MR) is 128 cm³/mol. The fourth-order valence-corrected chi connectivity index (χ4v) is 5.07. The maximum atomic E-state index is 13.6. The molecule has 1 heterocycles. The summed E-state index contributed by atoms with van der Waals surface area (Å²) in [6.07, 6.45) is 1.32. The van der Waals surface area contributed by atoms with Gasteiger partial charge in [0, 0.05) is 11.6 Å². The van der Waals surface area contributed by atoms with Crippen LogP contribution in [0, 0.1) is 5.82 Å². The van der Waals surface area contributed by atoms with Gasteiger partial charge in [0.25, 0.3) is 15.9 Å². The number of methoxy groups -OCH3 is 2. The van der Waals surface area contributed by atoms with E-state index in [1.54, 1.807) is 24.3 Å². The lowest BCUT2D eigenvalue weighted by atomic mass is 10.2. The number of aromatic nitrogens is 1. The average Bonchev–Trinajstić information content (AvgIpc) is 3.27. The zero-order chi connectivity index (χ0) is 25.2. The topological polar surface area (TPSA) is 94.9 Å². The van der Waals surface area contributed by atoms with Crippen molar-refractivity contribution < 1.29 is 31.9 Å². The highest BCUT2D eigenvalue weighted by Crippen LogP contribution is 2.27. The van der Waals surface area contributed by atoms with Gasteiger partial charge in [0.2, 0.25) is 0 Å². The van der Waals surface area contributed by atoms with E-state index < -0.39 is 34.3 Å². The summed E-state index contributed by atoms with van der Waals surface area (Å²) in [7, 11) is -1.55. The van der Waals surface area contributed by atoms with Crippen molar-refractivity contribution in [3.8, 4) is 5.75 Å². The molecule has 0 amide bonds. The number of ether oxygens (including phenoxy) is 2. The lowest BCUT2D eigenvalue weighted by Gasteiger charge is -2.24. The lowest BCUT2D eigenvalue weighted by Crippen LogP contribution is -2.37. The summed E-state index contributed by atoms with van der Waals surface area (Å²) in [4.78, 5) is 25.6. The van der Waals surface area contributed by atoms with Crippen LogP contribution in [-0.2, 0) is 14.8 Å². The van der Waals surface area contributed by atoms with Gasteiger partial charge in [-0.3, -0.25) is 13.7 Å². The summed E-state index contributed by atoms with van der Waals surface area (Å²) in [6, 6.07) is 17.2. The number of hydrogen-bond acceptors (Lipinski definition) is 6. The Kier molecular flexibility index (Phi) is 6.57. The molecule has 0 aliphatic carbocycles. The number of sulfonamides is 1. The molecule has 0 N–H and O–H groups in total. The molecule has 0 saturated heterocycles. The average molecular weight is 497 g/mol. The Labute approximate surface area is 201 Å². The first kappa shape index (κ1) is 24.0. The molecule has 3 aromatic carbocycles. The van der Waals surface area contributed by atoms with E-state index in [0.717, 1.165) is 16.4 Å². The minimum absolute atomic E-state index is 0.0805. The number of hydrogen-bond donors (Lipinski definition) is 0. The molecule has 4 rings (SSSR count). The zero-order valence-electron chi connectivity index (χ0n) is 18.8. The van der Waals surface area contributed by atoms with Crippen molar-refractivity contribution in [2.24, 2.45) is 0 Å². The molecule has 0 saturated carbocycles. The molecule has 35 heavy (non-hydrogen) atoms. The molecule has 0 radical (unpaired) electrons. The maximum Gasteiger partial charge on any atom is 0.340 e. The molecule has 0 aliphatic rings. The van der Waals surface area contributed by atoms with Crippen molar-refractivity contribution in [1.82, 2.24) is 4.57 Å². The molecule has 0 fully saturated rings. The fourth-order valence-electron chi connectivity index (χ4n) is 3.65. The Bertz CT molecular complexity index is 1500. The van der Waals surface area contributed by atoms with Crippen molar-refractivity contribution in [3.63, 3.8) is 0 Å². The van der Waals surface area contributed by atoms with Crippen LogP contribution in [0.3, 0.4) is 0 Å². The molecule has 0 spiro atoms. The second kappa shape index (κ2) is 9.59. The quantitative estimate of drug-likeness (QED) is 0.358. The van der Waals surface area contributed by atoms with Crippen molar-refractivity contribution in [1.29, 1.82) is 0 Å². The minimum Gasteiger partial charge on any atom is -0.497 e. The van der Waals surface area contributed by atoms with Crippen LogP contribution in [0.25, 0.3) is 10.9 Å². The third-order valence-corrected chi connectivity index (χ3v) is 7.21. The maximum absolute atomic E-state index is 13.6. The molecular formula is C25H21FN2O6S. The highest BCUT2D eigenvalue weighted by atomic mass is 32.2. The summed E-state index contributed by atoms with van der Waals surface area (Å²) in [6.45, 7) is -0.612. The monoisotopic (exact) mass is 496 g/mol. The first-order valence-corrected chi connectivity index (χ1v) is 11.8. The second-order valence-electron chi connectivity index (χ2n) is 7.48. The largest absolute Gasteiger partial charge is 0.497 e. The Morgan fingerprint density at radius 1 is 0.943 bits per heavy atom. The molecular weight excluding hydrogens is 475 g/mol. The molecule has 4 aromatic rings. The van der Waals surface area contributed by atoms with Gasteiger partial charge in [0.05, 0.1) is 35.9 Å². The predicted octanol–water partition coefficient (Wildman–Crippen LogP) is 4.11. The lowest BCUT2D eigenvalue weighted by molar-refractivity contribution is 0.0603. The zero-order valence-corrected chi connectivity index (χ0v) is 19.7. The van der Waals surface area contributed by atoms with Gasteiger partial charge >= 0.3 is 5.97 Å². The number of carbonyl (C=O) groups is 2. The molecule has 0 unspecified atom stereocenters. The number of nitrogens with zero attached hydrogens (tertiary/aromatic N) is 2. The van der Waals surface area contributed by atoms with Crippen LogP contribution in [0.1, 0.15) is 15.2 Å². The number of halogens is 1. The molecule has 8 nitrogen and oxygen atoms in total. The standard InChI is InChI=1S/C25H21FN2O6S/c1-33-19-11-13-20(14-12-19)35(31,32)28(18-9-7-17(26)8-10-18)16-24(29)27-15-22(25(30)34-2)21-5-3-4-6-23(21)27/h3-15H,16H2,1-2H3. The van der Waals surface area contributed by atoms with Gasteiger partial charge in [-0.2, -0.15) is 0 Å². The van der Waals surface area contributed by atoms with E-state index in [4.69, 9.17) is 9.47 Å². The third kappa shape index (κ3) is 4.60. The van der Waals surface area contributed by atoms with Crippen molar-refractivity contribution in [2.75, 3.05) is 25.1 Å². The Morgan fingerprint density at radius 3 is 2.23 bits per heavy atom. The number of benzene rings is 3. The summed E-state index contributed by atoms with van der Waals surface area (Å²) in [5, 5.41) is 0.485. The molecule has 0 aliphatic heterocycles. The van der Waals surface area contributed by atoms with Crippen molar-refractivity contribution in [3.05, 3.63) is 90.4 Å². The van der Waals surface area contributed by atoms with Crippen LogP contribution in [0.15, 0.2) is 83.9 Å². The molecule has 0 bridgehead atoms. The summed E-state index contributed by atoms with van der Waals surface area (Å²) < 4.78 is 52.7. The minimum atomic E-state index is -4.23. The Balaban J connectivity index is 1.79. The Morgan fingerprint density at radius 2 is 1.60 bits per heavy atom. The van der Waals surface area contributed by atoms with Crippen molar-refractivity contribution >= 4 is 38.5 Å². The highest BCUT2D eigenvalue weighted by Gasteiger charge is 2.29. The second-order valence-corrected chi connectivity index (χ2v) is 9.34. The fraction of sp³-hybridized carbons (Fsp3) is 0.120. The molecule has 10 heteroatoms. The van der Waals surface area contributed by atoms with E-state index in [1.165, 1.54) is 61.4 Å². The Hall–Kier alpha value is -4.18. The number of carbonyl (C=O) groups excluding carboxylic acids is 2. The van der Waals surface area contributed by atoms with E-state index in [2.05, 4.69) is 0 Å². The van der Waals surface area contributed by atoms with E-state index in [0.29, 0.717) is 16.7 Å². The summed E-state index contributed by atoms with van der Waals surface area (Å²) >= 11 is 0. The molecule has 180 valence electrons. The summed E-state index contributed by atoms with van der Waals surface area (Å²) in [5.41, 5.74) is 0.682. The first-order chi connectivity index (χ1) is 16.8. The van der Waals surface area contributed by atoms with Gasteiger partial charge < -0.3 is 9.47 Å². The van der Waals surface area contributed by atoms with Crippen molar-refractivity contribution in [2.45, 2.75) is 4.90 Å². The number of para-hydroxylation sites is 1. The van der Waals surface area contributed by atoms with Gasteiger partial charge in [-0.1, -0.05) is 18.2 Å². The molecule has 0 atom stereocenters. The van der Waals surface area contributed by atoms with Gasteiger partial charge in [-0.25, -0.2) is 17.6 Å². The molecule has 1 aromatic heterocycles. The smallest absolute Gasteiger partial charge is 0.340 e. The van der Waals surface area contributed by atoms with Crippen LogP contribution in [0.4, 0.5) is 10.1 Å². The highest BCUT2D eigenvalue weighted by molar-refractivity contribution is 7.92. The van der Waals surface area contributed by atoms with Crippen LogP contribution in [-0.4, -0.2) is 45.6 Å². The van der Waals surface area contributed by atoms with E-state index >= 15 is 0 Å². The van der Waals surface area contributed by atoms with Crippen LogP contribution >= 0.6 is 0 Å². The first-order valence-electron chi connectivity index (χ1n) is 10.4. The number of rotatable bonds is 7. The van der Waals surface area contributed by atoms with Gasteiger partial charge in [0.1, 0.15) is 18.1 Å². The van der Waals surface area contributed by atoms with Crippen LogP contribution in [0.5, 0.6) is 5.75 Å². The van der Waals surface area contributed by atoms with Gasteiger partial charge in [-0.05, 0) is 54.6 Å². The summed E-state index contributed by atoms with van der Waals surface area (Å²) in [5.74, 6) is -1.35. The van der Waals surface area contributed by atoms with Crippen LogP contribution < -0.4 is 9.04 Å². The van der Waals surface area contributed by atoms with Gasteiger partial charge in [-0.15, -0.1) is 0 Å². The van der Waals surface area contributed by atoms with E-state index in [9.17, 15) is 22.4 Å². The SMILES string of the molecule is COC(=O)c1cn(C(=O)CN(c2ccc(F)cc2)S(=O)(=O)c2ccc(OC)cc2)c2ccccc12. The van der Waals surface area contributed by atoms with Crippen LogP contribution in [0.2, 0.25) is 0 Å².